The second kappa shape index (κ2) is 12.0. The minimum Gasteiger partial charge on any atom is -0.396 e. The maximum absolute atomic E-state index is 11.7. The first kappa shape index (κ1) is 19.6. The van der Waals surface area contributed by atoms with Crippen LogP contribution in [-0.2, 0) is 16.0 Å². The van der Waals surface area contributed by atoms with E-state index in [2.05, 4.69) is 15.8 Å². The van der Waals surface area contributed by atoms with Crippen molar-refractivity contribution >= 4 is 23.2 Å². The van der Waals surface area contributed by atoms with Crippen LogP contribution in [0.3, 0.4) is 0 Å². The normalized spacial score (nSPS) is 10.5. The first-order chi connectivity index (χ1) is 11.1. The van der Waals surface area contributed by atoms with Crippen molar-refractivity contribution in [1.82, 2.24) is 15.8 Å². The van der Waals surface area contributed by atoms with Crippen LogP contribution < -0.4 is 10.9 Å². The summed E-state index contributed by atoms with van der Waals surface area (Å²) in [7, 11) is 0. The van der Waals surface area contributed by atoms with Crippen molar-refractivity contribution in [2.24, 2.45) is 0 Å². The second-order valence-electron chi connectivity index (χ2n) is 5.60. The molecule has 1 aromatic heterocycles. The fourth-order valence-electron chi connectivity index (χ4n) is 2.15. The van der Waals surface area contributed by atoms with Crippen molar-refractivity contribution in [1.29, 1.82) is 0 Å². The molecule has 0 fully saturated rings. The van der Waals surface area contributed by atoms with Gasteiger partial charge in [0.15, 0.2) is 0 Å². The number of aliphatic hydroxyl groups excluding tert-OH is 1. The number of hydrogen-bond acceptors (Lipinski definition) is 5. The molecule has 2 amide bonds. The predicted molar refractivity (Wildman–Crippen MR) is 90.9 cm³/mol. The van der Waals surface area contributed by atoms with Crippen LogP contribution in [0.4, 0.5) is 0 Å². The van der Waals surface area contributed by atoms with Gasteiger partial charge in [0, 0.05) is 24.1 Å². The zero-order chi connectivity index (χ0) is 16.9. The minimum absolute atomic E-state index is 0.158. The molecule has 7 heteroatoms. The number of unbranched alkanes of at least 4 members (excludes halogenated alkanes) is 6. The summed E-state index contributed by atoms with van der Waals surface area (Å²) in [5.41, 5.74) is 5.76. The van der Waals surface area contributed by atoms with E-state index in [9.17, 15) is 9.59 Å². The third-order valence-corrected chi connectivity index (χ3v) is 4.35. The highest BCUT2D eigenvalue weighted by Crippen LogP contribution is 2.09. The summed E-state index contributed by atoms with van der Waals surface area (Å²) in [6.07, 6.45) is 7.79. The van der Waals surface area contributed by atoms with Gasteiger partial charge in [-0.25, -0.2) is 4.98 Å². The number of hydrogen-bond donors (Lipinski definition) is 3. The summed E-state index contributed by atoms with van der Waals surface area (Å²) in [6.45, 7) is 2.15. The van der Waals surface area contributed by atoms with E-state index in [1.807, 2.05) is 12.3 Å². The summed E-state index contributed by atoms with van der Waals surface area (Å²) in [6, 6.07) is 0. The molecular formula is C16H27N3O3S. The Morgan fingerprint density at radius 3 is 2.26 bits per heavy atom. The summed E-state index contributed by atoms with van der Waals surface area (Å²) in [5, 5.41) is 11.3. The Hall–Kier alpha value is -1.47. The molecule has 1 aromatic rings. The van der Waals surface area contributed by atoms with E-state index < -0.39 is 0 Å². The maximum atomic E-state index is 11.7. The monoisotopic (exact) mass is 341 g/mol. The Bertz CT molecular complexity index is 477. The van der Waals surface area contributed by atoms with Crippen molar-refractivity contribution in [3.63, 3.8) is 0 Å². The number of rotatable bonds is 11. The standard InChI is InChI=1S/C16H27N3O3S/c1-13-12-23-16(17-13)11-15(22)19-18-14(21)9-7-5-3-2-4-6-8-10-20/h12,20H,2-11H2,1H3,(H,18,21)(H,19,22). The van der Waals surface area contributed by atoms with Gasteiger partial charge >= 0.3 is 0 Å². The maximum Gasteiger partial charge on any atom is 0.245 e. The Labute approximate surface area is 141 Å². The topological polar surface area (TPSA) is 91.3 Å². The highest BCUT2D eigenvalue weighted by molar-refractivity contribution is 7.09. The van der Waals surface area contributed by atoms with Gasteiger partial charge in [-0.3, -0.25) is 20.4 Å². The van der Waals surface area contributed by atoms with E-state index in [-0.39, 0.29) is 24.8 Å². The van der Waals surface area contributed by atoms with Crippen LogP contribution in [0.1, 0.15) is 62.1 Å². The van der Waals surface area contributed by atoms with Crippen molar-refractivity contribution in [3.8, 4) is 0 Å². The van der Waals surface area contributed by atoms with Gasteiger partial charge in [-0.2, -0.15) is 0 Å². The van der Waals surface area contributed by atoms with Gasteiger partial charge in [-0.15, -0.1) is 11.3 Å². The number of aromatic nitrogens is 1. The largest absolute Gasteiger partial charge is 0.396 e. The molecule has 0 aromatic carbocycles. The number of aryl methyl sites for hydroxylation is 1. The Kier molecular flexibility index (Phi) is 10.2. The summed E-state index contributed by atoms with van der Waals surface area (Å²) < 4.78 is 0. The molecule has 0 spiro atoms. The first-order valence-corrected chi connectivity index (χ1v) is 9.09. The lowest BCUT2D eigenvalue weighted by Gasteiger charge is -2.06. The predicted octanol–water partition coefficient (Wildman–Crippen LogP) is 2.25. The van der Waals surface area contributed by atoms with Crippen LogP contribution in [0.5, 0.6) is 0 Å². The fourth-order valence-corrected chi connectivity index (χ4v) is 2.92. The van der Waals surface area contributed by atoms with Crippen LogP contribution in [0.25, 0.3) is 0 Å². The third-order valence-electron chi connectivity index (χ3n) is 3.38. The molecule has 1 rings (SSSR count). The van der Waals surface area contributed by atoms with Crippen LogP contribution in [0.15, 0.2) is 5.38 Å². The highest BCUT2D eigenvalue weighted by atomic mass is 32.1. The number of nitrogens with one attached hydrogen (secondary N) is 2. The molecule has 0 saturated carbocycles. The van der Waals surface area contributed by atoms with Crippen LogP contribution >= 0.6 is 11.3 Å². The van der Waals surface area contributed by atoms with E-state index in [4.69, 9.17) is 5.11 Å². The Morgan fingerprint density at radius 1 is 1.04 bits per heavy atom. The number of nitrogens with zero attached hydrogens (tertiary/aromatic N) is 1. The van der Waals surface area contributed by atoms with Crippen LogP contribution in [-0.4, -0.2) is 28.5 Å². The van der Waals surface area contributed by atoms with Gasteiger partial charge in [-0.1, -0.05) is 32.1 Å². The Morgan fingerprint density at radius 2 is 1.65 bits per heavy atom. The number of carbonyl (C=O) groups is 2. The highest BCUT2D eigenvalue weighted by Gasteiger charge is 2.08. The molecule has 130 valence electrons. The summed E-state index contributed by atoms with van der Waals surface area (Å²) in [4.78, 5) is 27.5. The molecule has 0 aliphatic carbocycles. The van der Waals surface area contributed by atoms with Crippen molar-refractivity contribution < 1.29 is 14.7 Å². The number of carbonyl (C=O) groups excluding carboxylic acids is 2. The number of thiazole rings is 1. The fraction of sp³-hybridized carbons (Fsp3) is 0.688. The minimum atomic E-state index is -0.253. The SMILES string of the molecule is Cc1csc(CC(=O)NNC(=O)CCCCCCCCCO)n1. The molecule has 0 atom stereocenters. The molecule has 3 N–H and O–H groups in total. The van der Waals surface area contributed by atoms with Gasteiger partial charge in [0.2, 0.25) is 11.8 Å². The lowest BCUT2D eigenvalue weighted by atomic mass is 10.1. The van der Waals surface area contributed by atoms with Crippen LogP contribution in [0.2, 0.25) is 0 Å². The number of aliphatic hydroxyl groups is 1. The lowest BCUT2D eigenvalue weighted by molar-refractivity contribution is -0.128. The molecule has 0 aliphatic heterocycles. The van der Waals surface area contributed by atoms with Gasteiger partial charge in [-0.05, 0) is 19.8 Å². The van der Waals surface area contributed by atoms with Crippen molar-refractivity contribution in [2.45, 2.75) is 64.7 Å². The van der Waals surface area contributed by atoms with E-state index >= 15 is 0 Å². The van der Waals surface area contributed by atoms with E-state index in [1.54, 1.807) is 0 Å². The lowest BCUT2D eigenvalue weighted by Crippen LogP contribution is -2.42. The Balaban J connectivity index is 1.98. The molecule has 0 aliphatic rings. The average Bonchev–Trinajstić information content (AvgIpc) is 2.93. The molecule has 0 unspecified atom stereocenters. The van der Waals surface area contributed by atoms with Gasteiger partial charge < -0.3 is 5.11 Å². The van der Waals surface area contributed by atoms with Crippen molar-refractivity contribution in [2.75, 3.05) is 6.61 Å². The molecule has 6 nitrogen and oxygen atoms in total. The van der Waals surface area contributed by atoms with E-state index in [0.717, 1.165) is 55.6 Å². The molecular weight excluding hydrogens is 314 g/mol. The van der Waals surface area contributed by atoms with E-state index in [0.29, 0.717) is 6.42 Å². The number of hydrazine groups is 1. The summed E-state index contributed by atoms with van der Waals surface area (Å²) in [5.74, 6) is -0.412. The molecule has 23 heavy (non-hydrogen) atoms. The third kappa shape index (κ3) is 10.0. The molecule has 0 radical (unpaired) electrons. The zero-order valence-electron chi connectivity index (χ0n) is 13.8. The first-order valence-electron chi connectivity index (χ1n) is 8.21. The zero-order valence-corrected chi connectivity index (χ0v) is 14.6. The smallest absolute Gasteiger partial charge is 0.245 e. The second-order valence-corrected chi connectivity index (χ2v) is 6.55. The van der Waals surface area contributed by atoms with Crippen LogP contribution in [0, 0.1) is 6.92 Å². The van der Waals surface area contributed by atoms with Gasteiger partial charge in [0.25, 0.3) is 0 Å². The van der Waals surface area contributed by atoms with E-state index in [1.165, 1.54) is 11.3 Å². The molecule has 1 heterocycles. The average molecular weight is 341 g/mol. The van der Waals surface area contributed by atoms with Crippen molar-refractivity contribution in [3.05, 3.63) is 16.1 Å². The molecule has 0 saturated heterocycles. The van der Waals surface area contributed by atoms with Gasteiger partial charge in [0.1, 0.15) is 5.01 Å². The number of amides is 2. The quantitative estimate of drug-likeness (QED) is 0.425. The van der Waals surface area contributed by atoms with Gasteiger partial charge in [0.05, 0.1) is 6.42 Å². The summed E-state index contributed by atoms with van der Waals surface area (Å²) >= 11 is 1.44. The molecule has 0 bridgehead atoms.